The van der Waals surface area contributed by atoms with Crippen LogP contribution in [0.15, 0.2) is 4.90 Å². The van der Waals surface area contributed by atoms with Crippen LogP contribution in [-0.2, 0) is 10.0 Å². The Hall–Kier alpha value is -0.630. The molecule has 0 spiro atoms. The first-order valence-corrected chi connectivity index (χ1v) is 8.12. The lowest BCUT2D eigenvalue weighted by Crippen LogP contribution is -2.33. The molecule has 1 aromatic heterocycles. The van der Waals surface area contributed by atoms with Gasteiger partial charge in [-0.05, 0) is 38.5 Å². The van der Waals surface area contributed by atoms with Crippen molar-refractivity contribution >= 4 is 22.4 Å². The molecule has 6 nitrogen and oxygen atoms in total. The molecule has 2 aliphatic rings. The molecule has 8 heteroatoms. The Kier molecular flexibility index (Phi) is 4.17. The first-order valence-electron chi connectivity index (χ1n) is 6.68. The molecular weight excluding hydrogens is 300 g/mol. The van der Waals surface area contributed by atoms with Gasteiger partial charge in [-0.15, -0.1) is 12.4 Å². The highest BCUT2D eigenvalue weighted by Crippen LogP contribution is 2.39. The van der Waals surface area contributed by atoms with Gasteiger partial charge in [-0.25, -0.2) is 8.42 Å². The molecule has 3 atom stereocenters. The Morgan fingerprint density at radius 3 is 2.55 bits per heavy atom. The van der Waals surface area contributed by atoms with Gasteiger partial charge in [0.15, 0.2) is 0 Å². The first kappa shape index (κ1) is 15.8. The Bertz CT molecular complexity index is 581. The van der Waals surface area contributed by atoms with Crippen molar-refractivity contribution < 1.29 is 8.42 Å². The predicted molar refractivity (Wildman–Crippen MR) is 78.3 cm³/mol. The van der Waals surface area contributed by atoms with Crippen LogP contribution in [0.4, 0.5) is 0 Å². The second kappa shape index (κ2) is 5.29. The molecule has 3 rings (SSSR count). The van der Waals surface area contributed by atoms with Crippen molar-refractivity contribution in [2.75, 3.05) is 13.1 Å². The molecule has 114 valence electrons. The van der Waals surface area contributed by atoms with E-state index in [0.717, 1.165) is 12.8 Å². The highest BCUT2D eigenvalue weighted by Gasteiger charge is 2.45. The second-order valence-corrected chi connectivity index (χ2v) is 7.63. The fourth-order valence-corrected chi connectivity index (χ4v) is 5.38. The van der Waals surface area contributed by atoms with Crippen molar-refractivity contribution in [3.8, 4) is 0 Å². The molecule has 3 unspecified atom stereocenters. The molecule has 0 amide bonds. The minimum Gasteiger partial charge on any atom is -0.327 e. The van der Waals surface area contributed by atoms with Crippen LogP contribution in [0.3, 0.4) is 0 Å². The number of nitrogens with zero attached hydrogens (tertiary/aromatic N) is 2. The minimum atomic E-state index is -3.44. The summed E-state index contributed by atoms with van der Waals surface area (Å²) in [7, 11) is -3.44. The van der Waals surface area contributed by atoms with Crippen LogP contribution in [-0.4, -0.2) is 42.1 Å². The zero-order chi connectivity index (χ0) is 13.8. The summed E-state index contributed by atoms with van der Waals surface area (Å²) >= 11 is 0. The quantitative estimate of drug-likeness (QED) is 0.843. The average molecular weight is 321 g/mol. The molecule has 1 saturated heterocycles. The van der Waals surface area contributed by atoms with E-state index >= 15 is 0 Å². The monoisotopic (exact) mass is 320 g/mol. The molecule has 3 N–H and O–H groups in total. The molecule has 0 bridgehead atoms. The zero-order valence-corrected chi connectivity index (χ0v) is 13.3. The van der Waals surface area contributed by atoms with E-state index in [0.29, 0.717) is 41.2 Å². The summed E-state index contributed by atoms with van der Waals surface area (Å²) in [6, 6.07) is 0.150. The number of nitrogens with two attached hydrogens (primary N) is 1. The van der Waals surface area contributed by atoms with Crippen LogP contribution in [0.5, 0.6) is 0 Å². The summed E-state index contributed by atoms with van der Waals surface area (Å²) in [6.45, 7) is 4.62. The van der Waals surface area contributed by atoms with Gasteiger partial charge in [0.2, 0.25) is 10.0 Å². The number of aryl methyl sites for hydroxylation is 2. The van der Waals surface area contributed by atoms with E-state index in [2.05, 4.69) is 10.2 Å². The van der Waals surface area contributed by atoms with Crippen LogP contribution in [0, 0.1) is 25.7 Å². The van der Waals surface area contributed by atoms with E-state index in [-0.39, 0.29) is 18.4 Å². The smallest absolute Gasteiger partial charge is 0.246 e. The first-order chi connectivity index (χ1) is 8.91. The molecule has 0 aromatic carbocycles. The van der Waals surface area contributed by atoms with E-state index < -0.39 is 10.0 Å². The summed E-state index contributed by atoms with van der Waals surface area (Å²) < 4.78 is 27.0. The molecule has 1 aromatic rings. The fourth-order valence-electron chi connectivity index (χ4n) is 3.51. The maximum atomic E-state index is 12.7. The van der Waals surface area contributed by atoms with E-state index in [1.54, 1.807) is 18.2 Å². The Balaban J connectivity index is 0.00000147. The number of aromatic amines is 1. The molecule has 1 saturated carbocycles. The van der Waals surface area contributed by atoms with Crippen molar-refractivity contribution in [1.29, 1.82) is 0 Å². The maximum Gasteiger partial charge on any atom is 0.246 e. The number of halogens is 1. The van der Waals surface area contributed by atoms with Crippen molar-refractivity contribution in [3.05, 3.63) is 11.4 Å². The van der Waals surface area contributed by atoms with Crippen LogP contribution in [0.25, 0.3) is 0 Å². The van der Waals surface area contributed by atoms with E-state index in [1.165, 1.54) is 0 Å². The lowest BCUT2D eigenvalue weighted by Gasteiger charge is -2.18. The Morgan fingerprint density at radius 2 is 2.00 bits per heavy atom. The highest BCUT2D eigenvalue weighted by atomic mass is 35.5. The number of hydrogen-bond acceptors (Lipinski definition) is 4. The van der Waals surface area contributed by atoms with Crippen molar-refractivity contribution in [2.24, 2.45) is 17.6 Å². The van der Waals surface area contributed by atoms with Gasteiger partial charge in [0.25, 0.3) is 0 Å². The largest absolute Gasteiger partial charge is 0.327 e. The number of H-pyrrole nitrogens is 1. The van der Waals surface area contributed by atoms with Gasteiger partial charge in [0.05, 0.1) is 11.4 Å². The number of sulfonamides is 1. The molecule has 1 aliphatic carbocycles. The number of aromatic nitrogens is 2. The number of rotatable bonds is 2. The van der Waals surface area contributed by atoms with Gasteiger partial charge in [-0.3, -0.25) is 5.10 Å². The summed E-state index contributed by atoms with van der Waals surface area (Å²) in [5.74, 6) is 0.750. The van der Waals surface area contributed by atoms with Gasteiger partial charge >= 0.3 is 0 Å². The number of hydrogen-bond donors (Lipinski definition) is 2. The average Bonchev–Trinajstić information content (AvgIpc) is 2.97. The number of nitrogens with one attached hydrogen (secondary N) is 1. The SMILES string of the molecule is Cc1n[nH]c(C)c1S(=O)(=O)N1CC2CCC(N)C2C1.Cl. The lowest BCUT2D eigenvalue weighted by atomic mass is 9.98. The summed E-state index contributed by atoms with van der Waals surface area (Å²) in [4.78, 5) is 0.334. The number of fused-ring (bicyclic) bond motifs is 1. The second-order valence-electron chi connectivity index (χ2n) is 5.75. The lowest BCUT2D eigenvalue weighted by molar-refractivity contribution is 0.426. The van der Waals surface area contributed by atoms with Gasteiger partial charge < -0.3 is 5.73 Å². The van der Waals surface area contributed by atoms with Crippen LogP contribution < -0.4 is 5.73 Å². The van der Waals surface area contributed by atoms with Gasteiger partial charge in [0.1, 0.15) is 4.90 Å². The highest BCUT2D eigenvalue weighted by molar-refractivity contribution is 7.89. The van der Waals surface area contributed by atoms with Crippen molar-refractivity contribution in [2.45, 2.75) is 37.6 Å². The minimum absolute atomic E-state index is 0. The van der Waals surface area contributed by atoms with Gasteiger partial charge in [-0.1, -0.05) is 0 Å². The third-order valence-corrected chi connectivity index (χ3v) is 6.63. The maximum absolute atomic E-state index is 12.7. The zero-order valence-electron chi connectivity index (χ0n) is 11.7. The third-order valence-electron chi connectivity index (χ3n) is 4.54. The summed E-state index contributed by atoms with van der Waals surface area (Å²) in [5.41, 5.74) is 7.21. The van der Waals surface area contributed by atoms with Crippen LogP contribution in [0.2, 0.25) is 0 Å². The van der Waals surface area contributed by atoms with Crippen molar-refractivity contribution in [1.82, 2.24) is 14.5 Å². The fraction of sp³-hybridized carbons (Fsp3) is 0.750. The molecule has 1 aliphatic heterocycles. The van der Waals surface area contributed by atoms with E-state index in [1.807, 2.05) is 0 Å². The van der Waals surface area contributed by atoms with E-state index in [4.69, 9.17) is 5.73 Å². The third kappa shape index (κ3) is 2.26. The van der Waals surface area contributed by atoms with Crippen molar-refractivity contribution in [3.63, 3.8) is 0 Å². The van der Waals surface area contributed by atoms with E-state index in [9.17, 15) is 8.42 Å². The normalized spacial score (nSPS) is 30.2. The summed E-state index contributed by atoms with van der Waals surface area (Å²) in [6.07, 6.45) is 2.06. The topological polar surface area (TPSA) is 92.1 Å². The molecular formula is C12H21ClN4O2S. The predicted octanol–water partition coefficient (Wildman–Crippen LogP) is 0.806. The van der Waals surface area contributed by atoms with Crippen LogP contribution >= 0.6 is 12.4 Å². The summed E-state index contributed by atoms with van der Waals surface area (Å²) in [5, 5.41) is 6.73. The molecule has 0 radical (unpaired) electrons. The molecule has 20 heavy (non-hydrogen) atoms. The molecule has 2 heterocycles. The van der Waals surface area contributed by atoms with Gasteiger partial charge in [-0.2, -0.15) is 9.40 Å². The van der Waals surface area contributed by atoms with Crippen LogP contribution in [0.1, 0.15) is 24.2 Å². The Morgan fingerprint density at radius 1 is 1.30 bits per heavy atom. The standard InChI is InChI=1S/C12H20N4O2S.ClH/c1-7-12(8(2)15-14-7)19(17,18)16-5-9-3-4-11(13)10(9)6-16;/h9-11H,3-6,13H2,1-2H3,(H,14,15);1H. The molecule has 2 fully saturated rings. The Labute approximate surface area is 125 Å². The van der Waals surface area contributed by atoms with Gasteiger partial charge in [0, 0.05) is 19.1 Å².